The molecule has 0 aliphatic carbocycles. The van der Waals surface area contributed by atoms with Gasteiger partial charge in [0, 0.05) is 31.3 Å². The van der Waals surface area contributed by atoms with E-state index >= 15 is 0 Å². The van der Waals surface area contributed by atoms with Crippen LogP contribution < -0.4 is 19.7 Å². The maximum atomic E-state index is 13.5. The summed E-state index contributed by atoms with van der Waals surface area (Å²) in [7, 11) is -0.906. The first-order valence-electron chi connectivity index (χ1n) is 11.1. The number of ether oxygens (including phenoxy) is 2. The van der Waals surface area contributed by atoms with Crippen LogP contribution in [-0.2, 0) is 26.0 Å². The normalized spacial score (nSPS) is 20.2. The highest BCUT2D eigenvalue weighted by Crippen LogP contribution is 2.36. The van der Waals surface area contributed by atoms with Crippen molar-refractivity contribution in [3.63, 3.8) is 0 Å². The Morgan fingerprint density at radius 2 is 1.85 bits per heavy atom. The first-order chi connectivity index (χ1) is 16.2. The number of anilines is 2. The Kier molecular flexibility index (Phi) is 6.55. The van der Waals surface area contributed by atoms with Gasteiger partial charge in [0.25, 0.3) is 0 Å². The van der Waals surface area contributed by atoms with E-state index in [-0.39, 0.29) is 23.4 Å². The summed E-state index contributed by atoms with van der Waals surface area (Å²) in [6, 6.07) is 8.96. The lowest BCUT2D eigenvalue weighted by Crippen LogP contribution is -2.43. The summed E-state index contributed by atoms with van der Waals surface area (Å²) in [5, 5.41) is 2.80. The maximum Gasteiger partial charge on any atom is 0.243 e. The van der Waals surface area contributed by atoms with Crippen molar-refractivity contribution in [3.8, 4) is 11.5 Å². The number of nitrogens with zero attached hydrogens (tertiary/aromatic N) is 2. The Labute approximate surface area is 199 Å². The molecule has 0 spiro atoms. The monoisotopic (exact) mass is 487 g/mol. The lowest BCUT2D eigenvalue weighted by molar-refractivity contribution is -0.119. The fourth-order valence-electron chi connectivity index (χ4n) is 4.80. The van der Waals surface area contributed by atoms with Crippen LogP contribution in [-0.4, -0.2) is 57.4 Å². The van der Waals surface area contributed by atoms with Crippen LogP contribution in [0.2, 0.25) is 0 Å². The fraction of sp³-hybridized carbons (Fsp3) is 0.417. The van der Waals surface area contributed by atoms with Crippen LogP contribution in [0.4, 0.5) is 11.4 Å². The number of carbonyl (C=O) groups is 2. The molecule has 1 N–H and O–H groups in total. The second kappa shape index (κ2) is 9.27. The van der Waals surface area contributed by atoms with Crippen molar-refractivity contribution in [2.45, 2.75) is 50.1 Å². The number of benzene rings is 2. The third kappa shape index (κ3) is 4.23. The van der Waals surface area contributed by atoms with Crippen LogP contribution in [0.15, 0.2) is 41.3 Å². The molecule has 2 aliphatic heterocycles. The highest BCUT2D eigenvalue weighted by atomic mass is 32.2. The van der Waals surface area contributed by atoms with Crippen molar-refractivity contribution in [1.82, 2.24) is 4.31 Å². The highest BCUT2D eigenvalue weighted by Gasteiger charge is 2.40. The number of carbonyl (C=O) groups excluding carboxylic acids is 2. The molecular formula is C24H29N3O6S. The van der Waals surface area contributed by atoms with Gasteiger partial charge in [0.1, 0.15) is 17.5 Å². The predicted octanol–water partition coefficient (Wildman–Crippen LogP) is 2.79. The third-order valence-corrected chi connectivity index (χ3v) is 8.29. The molecule has 9 nitrogen and oxygen atoms in total. The molecule has 0 saturated carbocycles. The predicted molar refractivity (Wildman–Crippen MR) is 128 cm³/mol. The van der Waals surface area contributed by atoms with Crippen molar-refractivity contribution < 1.29 is 27.5 Å². The lowest BCUT2D eigenvalue weighted by atomic mass is 10.1. The smallest absolute Gasteiger partial charge is 0.243 e. The minimum atomic E-state index is -3.92. The average molecular weight is 488 g/mol. The zero-order valence-electron chi connectivity index (χ0n) is 19.7. The molecule has 0 radical (unpaired) electrons. The van der Waals surface area contributed by atoms with E-state index in [1.165, 1.54) is 31.5 Å². The number of fused-ring (bicyclic) bond motifs is 1. The highest BCUT2D eigenvalue weighted by molar-refractivity contribution is 7.89. The van der Waals surface area contributed by atoms with Gasteiger partial charge in [0.05, 0.1) is 24.8 Å². The molecule has 0 unspecified atom stereocenters. The van der Waals surface area contributed by atoms with Crippen LogP contribution in [0, 0.1) is 0 Å². The van der Waals surface area contributed by atoms with Gasteiger partial charge in [0.15, 0.2) is 0 Å². The minimum absolute atomic E-state index is 0.0337. The molecule has 0 bridgehead atoms. The number of methoxy groups -OCH3 is 2. The molecule has 10 heteroatoms. The van der Waals surface area contributed by atoms with Gasteiger partial charge in [-0.05, 0) is 62.1 Å². The molecule has 2 atom stereocenters. The minimum Gasteiger partial charge on any atom is -0.497 e. The van der Waals surface area contributed by atoms with Gasteiger partial charge in [-0.15, -0.1) is 0 Å². The van der Waals surface area contributed by atoms with E-state index in [2.05, 4.69) is 5.32 Å². The number of hydrogen-bond acceptors (Lipinski definition) is 6. The van der Waals surface area contributed by atoms with Crippen LogP contribution in [0.25, 0.3) is 0 Å². The summed E-state index contributed by atoms with van der Waals surface area (Å²) in [5.74, 6) is 0.486. The van der Waals surface area contributed by atoms with Crippen molar-refractivity contribution in [3.05, 3.63) is 42.0 Å². The number of rotatable bonds is 6. The summed E-state index contributed by atoms with van der Waals surface area (Å²) < 4.78 is 38.9. The topological polar surface area (TPSA) is 105 Å². The second-order valence-electron chi connectivity index (χ2n) is 8.56. The van der Waals surface area contributed by atoms with E-state index in [9.17, 15) is 18.0 Å². The molecule has 4 rings (SSSR count). The van der Waals surface area contributed by atoms with Crippen molar-refractivity contribution in [2.75, 3.05) is 31.0 Å². The van der Waals surface area contributed by atoms with Crippen LogP contribution in [0.5, 0.6) is 11.5 Å². The Balaban J connectivity index is 1.59. The molecule has 0 aromatic heterocycles. The number of sulfonamides is 1. The Morgan fingerprint density at radius 1 is 1.09 bits per heavy atom. The number of nitrogens with one attached hydrogen (secondary N) is 1. The molecule has 2 heterocycles. The summed E-state index contributed by atoms with van der Waals surface area (Å²) >= 11 is 0. The molecule has 2 amide bonds. The van der Waals surface area contributed by atoms with E-state index in [0.29, 0.717) is 36.4 Å². The summed E-state index contributed by atoms with van der Waals surface area (Å²) in [6.07, 6.45) is 1.57. The summed E-state index contributed by atoms with van der Waals surface area (Å²) in [6.45, 7) is 3.69. The molecule has 1 fully saturated rings. The van der Waals surface area contributed by atoms with Crippen molar-refractivity contribution >= 4 is 33.2 Å². The number of hydrogen-bond donors (Lipinski definition) is 1. The summed E-state index contributed by atoms with van der Waals surface area (Å²) in [4.78, 5) is 27.0. The van der Waals surface area contributed by atoms with Crippen molar-refractivity contribution in [1.29, 1.82) is 0 Å². The first kappa shape index (κ1) is 24.0. The molecule has 2 aromatic rings. The quantitative estimate of drug-likeness (QED) is 0.672. The standard InChI is InChI=1S/C24H29N3O6S/c1-15-12-17-13-19(8-9-21(17)27(15)16(2)28)34(30,31)26-11-5-6-22(26)24(29)25-20-14-18(32-3)7-10-23(20)33-4/h7-10,13-15,22H,5-6,11-12H2,1-4H3,(H,25,29)/t15-,22-/m0/s1. The van der Waals surface area contributed by atoms with Crippen LogP contribution >= 0.6 is 0 Å². The molecule has 34 heavy (non-hydrogen) atoms. The van der Waals surface area contributed by atoms with Gasteiger partial charge in [-0.25, -0.2) is 8.42 Å². The van der Waals surface area contributed by atoms with E-state index in [1.54, 1.807) is 35.2 Å². The van der Waals surface area contributed by atoms with Crippen molar-refractivity contribution in [2.24, 2.45) is 0 Å². The molecule has 182 valence electrons. The van der Waals surface area contributed by atoms with E-state index in [1.807, 2.05) is 6.92 Å². The zero-order chi connectivity index (χ0) is 24.6. The summed E-state index contributed by atoms with van der Waals surface area (Å²) in [5.41, 5.74) is 1.96. The van der Waals surface area contributed by atoms with Gasteiger partial charge < -0.3 is 19.7 Å². The lowest BCUT2D eigenvalue weighted by Gasteiger charge is -2.24. The second-order valence-corrected chi connectivity index (χ2v) is 10.5. The maximum absolute atomic E-state index is 13.5. The van der Waals surface area contributed by atoms with Gasteiger partial charge >= 0.3 is 0 Å². The third-order valence-electron chi connectivity index (χ3n) is 6.38. The van der Waals surface area contributed by atoms with E-state index in [0.717, 1.165) is 11.3 Å². The Hall–Kier alpha value is -3.11. The molecule has 1 saturated heterocycles. The van der Waals surface area contributed by atoms with Crippen LogP contribution in [0.1, 0.15) is 32.3 Å². The SMILES string of the molecule is COc1ccc(OC)c(NC(=O)[C@@H]2CCCN2S(=O)(=O)c2ccc3c(c2)C[C@H](C)N3C(C)=O)c1. The van der Waals surface area contributed by atoms with E-state index < -0.39 is 22.0 Å². The van der Waals surface area contributed by atoms with Gasteiger partial charge in [0.2, 0.25) is 21.8 Å². The van der Waals surface area contributed by atoms with E-state index in [4.69, 9.17) is 9.47 Å². The molecule has 2 aromatic carbocycles. The molecule has 2 aliphatic rings. The van der Waals surface area contributed by atoms with Gasteiger partial charge in [-0.3, -0.25) is 9.59 Å². The Bertz CT molecular complexity index is 1230. The van der Waals surface area contributed by atoms with Gasteiger partial charge in [-0.1, -0.05) is 0 Å². The fourth-order valence-corrected chi connectivity index (χ4v) is 6.51. The Morgan fingerprint density at radius 3 is 2.53 bits per heavy atom. The average Bonchev–Trinajstić information content (AvgIpc) is 3.43. The number of amides is 2. The first-order valence-corrected chi connectivity index (χ1v) is 12.6. The van der Waals surface area contributed by atoms with Crippen LogP contribution in [0.3, 0.4) is 0 Å². The largest absolute Gasteiger partial charge is 0.497 e. The zero-order valence-corrected chi connectivity index (χ0v) is 20.5. The molecular weight excluding hydrogens is 458 g/mol. The van der Waals surface area contributed by atoms with Gasteiger partial charge in [-0.2, -0.15) is 4.31 Å².